The van der Waals surface area contributed by atoms with E-state index in [0.717, 1.165) is 38.2 Å². The predicted molar refractivity (Wildman–Crippen MR) is 104 cm³/mol. The van der Waals surface area contributed by atoms with E-state index >= 15 is 0 Å². The normalized spacial score (nSPS) is 31.0. The SMILES string of the molecule is C[C@]1(N)C(=O)N2C(C(=O)O)=C([N+]3(CCO[Si](C)(C)C)CCCC3)CS[C@@H]21. The summed E-state index contributed by atoms with van der Waals surface area (Å²) < 4.78 is 6.70. The van der Waals surface area contributed by atoms with Crippen molar-refractivity contribution in [2.24, 2.45) is 5.73 Å². The Labute approximate surface area is 160 Å². The van der Waals surface area contributed by atoms with Gasteiger partial charge in [0.2, 0.25) is 0 Å². The minimum absolute atomic E-state index is 0.163. The van der Waals surface area contributed by atoms with Crippen molar-refractivity contribution in [2.75, 3.05) is 32.0 Å². The molecular formula is C17H30N3O4SSi+. The van der Waals surface area contributed by atoms with Gasteiger partial charge in [0.25, 0.3) is 5.91 Å². The van der Waals surface area contributed by atoms with Crippen LogP contribution in [0.2, 0.25) is 19.6 Å². The number of aliphatic carboxylic acids is 1. The second kappa shape index (κ2) is 6.63. The number of rotatable bonds is 6. The number of likely N-dealkylation sites (tertiary alicyclic amines) is 1. The molecule has 0 aromatic heterocycles. The predicted octanol–water partition coefficient (Wildman–Crippen LogP) is 1.38. The molecule has 0 aliphatic carbocycles. The average Bonchev–Trinajstić information content (AvgIpc) is 3.01. The fourth-order valence-corrected chi connectivity index (χ4v) is 6.42. The average molecular weight is 401 g/mol. The molecule has 0 saturated carbocycles. The first kappa shape index (κ1) is 19.9. The smallest absolute Gasteiger partial charge is 0.358 e. The van der Waals surface area contributed by atoms with Crippen molar-refractivity contribution in [2.45, 2.75) is 50.3 Å². The first-order valence-corrected chi connectivity index (χ1v) is 13.7. The molecule has 2 atom stereocenters. The van der Waals surface area contributed by atoms with Crippen LogP contribution in [0.1, 0.15) is 19.8 Å². The van der Waals surface area contributed by atoms with Crippen molar-refractivity contribution in [3.05, 3.63) is 11.4 Å². The van der Waals surface area contributed by atoms with E-state index in [-0.39, 0.29) is 17.0 Å². The highest BCUT2D eigenvalue weighted by atomic mass is 32.2. The Hall–Kier alpha value is -0.873. The maximum atomic E-state index is 12.5. The van der Waals surface area contributed by atoms with Gasteiger partial charge in [-0.05, 0) is 26.6 Å². The lowest BCUT2D eigenvalue weighted by Crippen LogP contribution is -2.77. The standard InChI is InChI=1S/C17H29N3O4SSi/c1-17(18)15(23)19-13(14(21)22)12(11-25-16(17)19)20(7-5-6-8-20)9-10-24-26(2,3)4/h16H,5-11,18H2,1-4H3/p+1/t16-,17+/m1/s1. The molecule has 9 heteroatoms. The summed E-state index contributed by atoms with van der Waals surface area (Å²) in [6.07, 6.45) is 2.14. The molecule has 0 aromatic carbocycles. The van der Waals surface area contributed by atoms with Crippen LogP contribution in [0.15, 0.2) is 11.4 Å². The number of carbonyl (C=O) groups excluding carboxylic acids is 1. The molecule has 0 bridgehead atoms. The zero-order valence-corrected chi connectivity index (χ0v) is 17.9. The highest BCUT2D eigenvalue weighted by Gasteiger charge is 2.62. The highest BCUT2D eigenvalue weighted by molar-refractivity contribution is 8.00. The largest absolute Gasteiger partial charge is 0.476 e. The number of amides is 1. The number of hydrogen-bond donors (Lipinski definition) is 2. The Morgan fingerprint density at radius 1 is 1.42 bits per heavy atom. The van der Waals surface area contributed by atoms with Gasteiger partial charge in [-0.25, -0.2) is 4.79 Å². The maximum Gasteiger partial charge on any atom is 0.358 e. The minimum atomic E-state index is -1.62. The van der Waals surface area contributed by atoms with Crippen LogP contribution in [0.5, 0.6) is 0 Å². The zero-order valence-electron chi connectivity index (χ0n) is 16.1. The van der Waals surface area contributed by atoms with Gasteiger partial charge in [0.15, 0.2) is 19.7 Å². The molecule has 2 fully saturated rings. The lowest BCUT2D eigenvalue weighted by Gasteiger charge is -2.55. The first-order valence-electron chi connectivity index (χ1n) is 9.21. The summed E-state index contributed by atoms with van der Waals surface area (Å²) in [6.45, 7) is 11.4. The summed E-state index contributed by atoms with van der Waals surface area (Å²) in [7, 11) is -1.62. The third kappa shape index (κ3) is 3.24. The Bertz CT molecular complexity index is 653. The van der Waals surface area contributed by atoms with Gasteiger partial charge in [0.1, 0.15) is 17.5 Å². The molecule has 146 valence electrons. The number of carboxylic acids is 1. The van der Waals surface area contributed by atoms with E-state index in [0.29, 0.717) is 16.8 Å². The molecule has 7 nitrogen and oxygen atoms in total. The molecule has 0 radical (unpaired) electrons. The number of fused-ring (bicyclic) bond motifs is 1. The Balaban J connectivity index is 1.93. The van der Waals surface area contributed by atoms with E-state index in [4.69, 9.17) is 10.2 Å². The summed E-state index contributed by atoms with van der Waals surface area (Å²) in [5, 5.41) is 9.63. The number of hydrogen-bond acceptors (Lipinski definition) is 5. The number of nitrogens with zero attached hydrogens (tertiary/aromatic N) is 2. The summed E-state index contributed by atoms with van der Waals surface area (Å²) in [5.41, 5.74) is 6.14. The van der Waals surface area contributed by atoms with E-state index in [9.17, 15) is 14.7 Å². The van der Waals surface area contributed by atoms with Crippen molar-refractivity contribution in [3.63, 3.8) is 0 Å². The molecular weight excluding hydrogens is 370 g/mol. The van der Waals surface area contributed by atoms with E-state index < -0.39 is 19.8 Å². The second-order valence-corrected chi connectivity index (χ2v) is 14.3. The van der Waals surface area contributed by atoms with Crippen molar-refractivity contribution in [1.29, 1.82) is 0 Å². The minimum Gasteiger partial charge on any atom is -0.476 e. The fourth-order valence-electron chi connectivity index (χ4n) is 4.19. The highest BCUT2D eigenvalue weighted by Crippen LogP contribution is 2.47. The molecule has 3 heterocycles. The van der Waals surface area contributed by atoms with Crippen LogP contribution in [0.25, 0.3) is 0 Å². The summed E-state index contributed by atoms with van der Waals surface area (Å²) in [4.78, 5) is 26.0. The number of quaternary nitrogens is 1. The van der Waals surface area contributed by atoms with Gasteiger partial charge in [0.05, 0.1) is 25.4 Å². The number of carboxylic acid groups (broad SMARTS) is 1. The molecule has 3 rings (SSSR count). The van der Waals surface area contributed by atoms with Crippen molar-refractivity contribution in [3.8, 4) is 0 Å². The third-order valence-electron chi connectivity index (χ3n) is 5.57. The number of nitrogens with two attached hydrogens (primary N) is 1. The van der Waals surface area contributed by atoms with E-state index in [1.54, 1.807) is 18.7 Å². The van der Waals surface area contributed by atoms with E-state index in [2.05, 4.69) is 19.6 Å². The Morgan fingerprint density at radius 2 is 2.04 bits per heavy atom. The molecule has 0 aromatic rings. The molecule has 1 amide bonds. The van der Waals surface area contributed by atoms with Crippen LogP contribution in [-0.2, 0) is 14.0 Å². The fraction of sp³-hybridized carbons (Fsp3) is 0.765. The first-order chi connectivity index (χ1) is 12.0. The van der Waals surface area contributed by atoms with Crippen molar-refractivity contribution < 1.29 is 23.6 Å². The molecule has 0 unspecified atom stereocenters. The number of carbonyl (C=O) groups is 2. The van der Waals surface area contributed by atoms with Crippen LogP contribution in [0, 0.1) is 0 Å². The number of thioether (sulfide) groups is 1. The molecule has 0 spiro atoms. The van der Waals surface area contributed by atoms with Crippen molar-refractivity contribution in [1.82, 2.24) is 4.90 Å². The Morgan fingerprint density at radius 3 is 2.58 bits per heavy atom. The second-order valence-electron chi connectivity index (χ2n) is 8.71. The third-order valence-corrected chi connectivity index (χ3v) is 8.10. The van der Waals surface area contributed by atoms with Gasteiger partial charge in [0, 0.05) is 12.8 Å². The van der Waals surface area contributed by atoms with Crippen molar-refractivity contribution >= 4 is 32.0 Å². The summed E-state index contributed by atoms with van der Waals surface area (Å²) in [5.74, 6) is -0.708. The van der Waals surface area contributed by atoms with Crippen LogP contribution in [0.4, 0.5) is 0 Å². The summed E-state index contributed by atoms with van der Waals surface area (Å²) in [6, 6.07) is 0. The maximum absolute atomic E-state index is 12.5. The summed E-state index contributed by atoms with van der Waals surface area (Å²) >= 11 is 1.59. The van der Waals surface area contributed by atoms with Crippen LogP contribution < -0.4 is 5.73 Å². The molecule has 2 saturated heterocycles. The topological polar surface area (TPSA) is 92.9 Å². The van der Waals surface area contributed by atoms with Crippen LogP contribution in [0.3, 0.4) is 0 Å². The number of β-lactam (4-membered cyclic amide) rings is 1. The van der Waals surface area contributed by atoms with Crippen LogP contribution >= 0.6 is 11.8 Å². The molecule has 26 heavy (non-hydrogen) atoms. The zero-order chi connectivity index (χ0) is 19.3. The van der Waals surface area contributed by atoms with E-state index in [1.807, 2.05) is 0 Å². The van der Waals surface area contributed by atoms with Gasteiger partial charge in [-0.3, -0.25) is 14.2 Å². The Kier molecular flexibility index (Phi) is 5.07. The molecule has 3 aliphatic heterocycles. The van der Waals surface area contributed by atoms with Gasteiger partial charge < -0.3 is 15.3 Å². The quantitative estimate of drug-likeness (QED) is 0.397. The molecule has 3 aliphatic rings. The van der Waals surface area contributed by atoms with Gasteiger partial charge in [-0.2, -0.15) is 0 Å². The van der Waals surface area contributed by atoms with Crippen LogP contribution in [-0.4, -0.2) is 77.6 Å². The van der Waals surface area contributed by atoms with Gasteiger partial charge in [-0.15, -0.1) is 11.8 Å². The van der Waals surface area contributed by atoms with Gasteiger partial charge in [-0.1, -0.05) is 0 Å². The van der Waals surface area contributed by atoms with E-state index in [1.165, 1.54) is 4.90 Å². The monoisotopic (exact) mass is 400 g/mol. The molecule has 3 N–H and O–H groups in total. The van der Waals surface area contributed by atoms with Gasteiger partial charge >= 0.3 is 5.97 Å². The lowest BCUT2D eigenvalue weighted by molar-refractivity contribution is -0.880. The lowest BCUT2D eigenvalue weighted by atomic mass is 9.90.